The molecule has 140 valence electrons. The van der Waals surface area contributed by atoms with Gasteiger partial charge in [0.2, 0.25) is 0 Å². The van der Waals surface area contributed by atoms with Crippen LogP contribution in [0.2, 0.25) is 0 Å². The van der Waals surface area contributed by atoms with Crippen LogP contribution in [0.4, 0.5) is 0 Å². The number of aliphatic imine (C=N–C) groups is 1. The van der Waals surface area contributed by atoms with Crippen LogP contribution in [0.5, 0.6) is 5.75 Å². The minimum Gasteiger partial charge on any atom is -0.492 e. The van der Waals surface area contributed by atoms with Crippen molar-refractivity contribution in [1.29, 1.82) is 0 Å². The number of hydrogen-bond donors (Lipinski definition) is 2. The molecule has 1 fully saturated rings. The second kappa shape index (κ2) is 10.3. The largest absolute Gasteiger partial charge is 0.492 e. The third kappa shape index (κ3) is 6.92. The van der Waals surface area contributed by atoms with Crippen molar-refractivity contribution in [2.45, 2.75) is 26.3 Å². The number of nitrogens with zero attached hydrogens (tertiary/aromatic N) is 2. The number of rotatable bonds is 8. The summed E-state index contributed by atoms with van der Waals surface area (Å²) in [6, 6.07) is 9.86. The number of benzene rings is 1. The second-order valence-electron chi connectivity index (χ2n) is 6.70. The Morgan fingerprint density at radius 3 is 2.60 bits per heavy atom. The van der Waals surface area contributed by atoms with Crippen molar-refractivity contribution in [1.82, 2.24) is 15.5 Å². The SMILES string of the molecule is CCNC(=NCC(C)(C)N1CCOCC1)NCCOc1ccccc1. The van der Waals surface area contributed by atoms with Gasteiger partial charge in [0, 0.05) is 25.2 Å². The van der Waals surface area contributed by atoms with Gasteiger partial charge in [0.25, 0.3) is 0 Å². The Balaban J connectivity index is 1.78. The van der Waals surface area contributed by atoms with Crippen LogP contribution in [0.15, 0.2) is 35.3 Å². The van der Waals surface area contributed by atoms with E-state index in [4.69, 9.17) is 14.5 Å². The first-order valence-corrected chi connectivity index (χ1v) is 9.14. The zero-order valence-electron chi connectivity index (χ0n) is 15.8. The Kier molecular flexibility index (Phi) is 8.01. The molecular formula is C19H32N4O2. The van der Waals surface area contributed by atoms with E-state index in [1.165, 1.54) is 0 Å². The fourth-order valence-corrected chi connectivity index (χ4v) is 2.74. The maximum Gasteiger partial charge on any atom is 0.191 e. The van der Waals surface area contributed by atoms with E-state index < -0.39 is 0 Å². The highest BCUT2D eigenvalue weighted by Crippen LogP contribution is 2.16. The quantitative estimate of drug-likeness (QED) is 0.426. The molecule has 6 nitrogen and oxygen atoms in total. The number of nitrogens with one attached hydrogen (secondary N) is 2. The van der Waals surface area contributed by atoms with Crippen LogP contribution in [0, 0.1) is 0 Å². The molecule has 1 aromatic rings. The molecule has 2 rings (SSSR count). The van der Waals surface area contributed by atoms with Crippen LogP contribution < -0.4 is 15.4 Å². The molecule has 0 saturated carbocycles. The summed E-state index contributed by atoms with van der Waals surface area (Å²) in [4.78, 5) is 7.21. The van der Waals surface area contributed by atoms with Gasteiger partial charge in [0.1, 0.15) is 12.4 Å². The molecule has 0 amide bonds. The van der Waals surface area contributed by atoms with Crippen LogP contribution in [-0.4, -0.2) is 68.9 Å². The maximum absolute atomic E-state index is 5.71. The minimum absolute atomic E-state index is 0.0205. The summed E-state index contributed by atoms with van der Waals surface area (Å²) in [7, 11) is 0. The summed E-state index contributed by atoms with van der Waals surface area (Å²) < 4.78 is 11.2. The van der Waals surface area contributed by atoms with Crippen molar-refractivity contribution < 1.29 is 9.47 Å². The lowest BCUT2D eigenvalue weighted by Crippen LogP contribution is -2.52. The molecular weight excluding hydrogens is 316 g/mol. The third-order valence-electron chi connectivity index (χ3n) is 4.24. The minimum atomic E-state index is 0.0205. The molecule has 0 unspecified atom stereocenters. The van der Waals surface area contributed by atoms with Crippen LogP contribution >= 0.6 is 0 Å². The molecule has 6 heteroatoms. The van der Waals surface area contributed by atoms with E-state index in [0.29, 0.717) is 13.2 Å². The lowest BCUT2D eigenvalue weighted by Gasteiger charge is -2.39. The topological polar surface area (TPSA) is 58.1 Å². The highest BCUT2D eigenvalue weighted by molar-refractivity contribution is 5.79. The van der Waals surface area contributed by atoms with Gasteiger partial charge in [0.15, 0.2) is 5.96 Å². The van der Waals surface area contributed by atoms with Crippen LogP contribution in [0.25, 0.3) is 0 Å². The summed E-state index contributed by atoms with van der Waals surface area (Å²) in [6.07, 6.45) is 0. The Morgan fingerprint density at radius 1 is 1.20 bits per heavy atom. The second-order valence-corrected chi connectivity index (χ2v) is 6.70. The molecule has 1 aliphatic heterocycles. The molecule has 0 spiro atoms. The number of guanidine groups is 1. The molecule has 1 saturated heterocycles. The van der Waals surface area contributed by atoms with Gasteiger partial charge < -0.3 is 20.1 Å². The molecule has 0 atom stereocenters. The number of para-hydroxylation sites is 1. The first kappa shape index (κ1) is 19.5. The monoisotopic (exact) mass is 348 g/mol. The van der Waals surface area contributed by atoms with Crippen molar-refractivity contribution in [3.05, 3.63) is 30.3 Å². The highest BCUT2D eigenvalue weighted by Gasteiger charge is 2.28. The first-order valence-electron chi connectivity index (χ1n) is 9.14. The van der Waals surface area contributed by atoms with Gasteiger partial charge in [-0.25, -0.2) is 0 Å². The Bertz CT molecular complexity index is 513. The molecule has 1 aliphatic rings. The van der Waals surface area contributed by atoms with Gasteiger partial charge >= 0.3 is 0 Å². The molecule has 0 radical (unpaired) electrons. The predicted molar refractivity (Wildman–Crippen MR) is 102 cm³/mol. The maximum atomic E-state index is 5.71. The van der Waals surface area contributed by atoms with E-state index in [1.807, 2.05) is 30.3 Å². The molecule has 1 aromatic carbocycles. The highest BCUT2D eigenvalue weighted by atomic mass is 16.5. The van der Waals surface area contributed by atoms with Gasteiger partial charge in [-0.15, -0.1) is 0 Å². The Hall–Kier alpha value is -1.79. The molecule has 0 bridgehead atoms. The van der Waals surface area contributed by atoms with Crippen molar-refractivity contribution in [2.24, 2.45) is 4.99 Å². The van der Waals surface area contributed by atoms with E-state index in [0.717, 1.165) is 51.1 Å². The summed E-state index contributed by atoms with van der Waals surface area (Å²) in [5.41, 5.74) is 0.0205. The van der Waals surface area contributed by atoms with Crippen LogP contribution in [0.3, 0.4) is 0 Å². The standard InChI is InChI=1S/C19H32N4O2/c1-4-20-18(21-10-13-25-17-8-6-5-7-9-17)22-16-19(2,3)23-11-14-24-15-12-23/h5-9H,4,10-16H2,1-3H3,(H2,20,21,22). The van der Waals surface area contributed by atoms with Gasteiger partial charge in [0.05, 0.1) is 26.3 Å². The zero-order valence-corrected chi connectivity index (χ0v) is 15.8. The number of ether oxygens (including phenoxy) is 2. The summed E-state index contributed by atoms with van der Waals surface area (Å²) in [6.45, 7) is 13.0. The number of morpholine rings is 1. The summed E-state index contributed by atoms with van der Waals surface area (Å²) in [5.74, 6) is 1.72. The van der Waals surface area contributed by atoms with E-state index >= 15 is 0 Å². The number of hydrogen-bond acceptors (Lipinski definition) is 4. The van der Waals surface area contributed by atoms with Gasteiger partial charge in [-0.2, -0.15) is 0 Å². The van der Waals surface area contributed by atoms with Crippen LogP contribution in [0.1, 0.15) is 20.8 Å². The lowest BCUT2D eigenvalue weighted by atomic mass is 10.0. The fourth-order valence-electron chi connectivity index (χ4n) is 2.74. The Morgan fingerprint density at radius 2 is 1.92 bits per heavy atom. The normalized spacial score (nSPS) is 16.5. The zero-order chi connectivity index (χ0) is 18.0. The first-order chi connectivity index (χ1) is 12.1. The van der Waals surface area contributed by atoms with Gasteiger partial charge in [-0.05, 0) is 32.9 Å². The van der Waals surface area contributed by atoms with E-state index in [9.17, 15) is 0 Å². The molecule has 25 heavy (non-hydrogen) atoms. The van der Waals surface area contributed by atoms with E-state index in [2.05, 4.69) is 36.3 Å². The average molecular weight is 348 g/mol. The third-order valence-corrected chi connectivity index (χ3v) is 4.24. The van der Waals surface area contributed by atoms with Crippen LogP contribution in [-0.2, 0) is 4.74 Å². The fraction of sp³-hybridized carbons (Fsp3) is 0.632. The van der Waals surface area contributed by atoms with Gasteiger partial charge in [-0.1, -0.05) is 18.2 Å². The van der Waals surface area contributed by atoms with Gasteiger partial charge in [-0.3, -0.25) is 9.89 Å². The van der Waals surface area contributed by atoms with E-state index in [1.54, 1.807) is 0 Å². The molecule has 0 aliphatic carbocycles. The molecule has 1 heterocycles. The van der Waals surface area contributed by atoms with Crippen molar-refractivity contribution in [3.8, 4) is 5.75 Å². The Labute approximate surface area is 151 Å². The predicted octanol–water partition coefficient (Wildman–Crippen LogP) is 1.73. The molecule has 0 aromatic heterocycles. The molecule has 2 N–H and O–H groups in total. The van der Waals surface area contributed by atoms with Crippen molar-refractivity contribution in [3.63, 3.8) is 0 Å². The smallest absolute Gasteiger partial charge is 0.191 e. The van der Waals surface area contributed by atoms with Crippen molar-refractivity contribution in [2.75, 3.05) is 52.5 Å². The summed E-state index contributed by atoms with van der Waals surface area (Å²) in [5, 5.41) is 6.63. The summed E-state index contributed by atoms with van der Waals surface area (Å²) >= 11 is 0. The van der Waals surface area contributed by atoms with E-state index in [-0.39, 0.29) is 5.54 Å². The lowest BCUT2D eigenvalue weighted by molar-refractivity contribution is -0.00683. The van der Waals surface area contributed by atoms with Crippen molar-refractivity contribution >= 4 is 5.96 Å². The average Bonchev–Trinajstić information content (AvgIpc) is 2.65.